The second-order valence-corrected chi connectivity index (χ2v) is 7.22. The lowest BCUT2D eigenvalue weighted by atomic mass is 10.1. The Morgan fingerprint density at radius 2 is 1.43 bits per heavy atom. The fourth-order valence-corrected chi connectivity index (χ4v) is 3.53. The summed E-state index contributed by atoms with van der Waals surface area (Å²) in [5.41, 5.74) is 7.94. The molecule has 1 rings (SSSR count). The SMILES string of the molecule is CCCCCCCCCCCCSc1ccc(N)c(C)c1. The summed E-state index contributed by atoms with van der Waals surface area (Å²) < 4.78 is 0. The summed E-state index contributed by atoms with van der Waals surface area (Å²) >= 11 is 1.97. The number of nitrogens with two attached hydrogens (primary N) is 1. The smallest absolute Gasteiger partial charge is 0.0344 e. The van der Waals surface area contributed by atoms with Crippen LogP contribution in [0.3, 0.4) is 0 Å². The third kappa shape index (κ3) is 9.08. The van der Waals surface area contributed by atoms with Crippen molar-refractivity contribution in [1.29, 1.82) is 0 Å². The quantitative estimate of drug-likeness (QED) is 0.268. The summed E-state index contributed by atoms with van der Waals surface area (Å²) in [4.78, 5) is 1.36. The molecule has 120 valence electrons. The van der Waals surface area contributed by atoms with Gasteiger partial charge in [0.15, 0.2) is 0 Å². The summed E-state index contributed by atoms with van der Waals surface area (Å²) in [6.45, 7) is 4.36. The number of hydrogen-bond donors (Lipinski definition) is 1. The van der Waals surface area contributed by atoms with Crippen LogP contribution in [0.5, 0.6) is 0 Å². The van der Waals surface area contributed by atoms with Gasteiger partial charge in [-0.3, -0.25) is 0 Å². The van der Waals surface area contributed by atoms with Gasteiger partial charge in [0.05, 0.1) is 0 Å². The predicted molar refractivity (Wildman–Crippen MR) is 98.2 cm³/mol. The number of aryl methyl sites for hydroxylation is 1. The minimum atomic E-state index is 0.901. The van der Waals surface area contributed by atoms with Crippen LogP contribution in [0.15, 0.2) is 23.1 Å². The van der Waals surface area contributed by atoms with Gasteiger partial charge in [0.2, 0.25) is 0 Å². The molecule has 0 amide bonds. The number of hydrogen-bond acceptors (Lipinski definition) is 2. The van der Waals surface area contributed by atoms with E-state index in [-0.39, 0.29) is 0 Å². The Bertz CT molecular complexity index is 376. The summed E-state index contributed by atoms with van der Waals surface area (Å²) in [7, 11) is 0. The van der Waals surface area contributed by atoms with Crippen molar-refractivity contribution in [2.24, 2.45) is 0 Å². The summed E-state index contributed by atoms with van der Waals surface area (Å²) in [6.07, 6.45) is 14.1. The molecule has 1 nitrogen and oxygen atoms in total. The summed E-state index contributed by atoms with van der Waals surface area (Å²) in [5, 5.41) is 0. The van der Waals surface area contributed by atoms with Gasteiger partial charge in [0, 0.05) is 10.6 Å². The molecule has 0 radical (unpaired) electrons. The van der Waals surface area contributed by atoms with Gasteiger partial charge in [-0.15, -0.1) is 11.8 Å². The van der Waals surface area contributed by atoms with Crippen molar-refractivity contribution in [2.45, 2.75) is 83.0 Å². The van der Waals surface area contributed by atoms with E-state index in [1.165, 1.54) is 80.4 Å². The van der Waals surface area contributed by atoms with Crippen LogP contribution >= 0.6 is 11.8 Å². The average molecular weight is 308 g/mol. The van der Waals surface area contributed by atoms with Crippen LogP contribution in [0.2, 0.25) is 0 Å². The van der Waals surface area contributed by atoms with Gasteiger partial charge in [0.1, 0.15) is 0 Å². The number of thioether (sulfide) groups is 1. The van der Waals surface area contributed by atoms with Crippen LogP contribution in [-0.4, -0.2) is 5.75 Å². The van der Waals surface area contributed by atoms with Crippen molar-refractivity contribution in [3.05, 3.63) is 23.8 Å². The maximum Gasteiger partial charge on any atom is 0.0344 e. The Hall–Kier alpha value is -0.630. The van der Waals surface area contributed by atoms with Gasteiger partial charge < -0.3 is 5.73 Å². The molecular weight excluding hydrogens is 274 g/mol. The second-order valence-electron chi connectivity index (χ2n) is 6.05. The molecule has 0 saturated heterocycles. The van der Waals surface area contributed by atoms with Gasteiger partial charge >= 0.3 is 0 Å². The standard InChI is InChI=1S/C19H33NS/c1-3-4-5-6-7-8-9-10-11-12-15-21-18-13-14-19(20)17(2)16-18/h13-14,16H,3-12,15,20H2,1-2H3. The Morgan fingerprint density at radius 3 is 2.00 bits per heavy atom. The summed E-state index contributed by atoms with van der Waals surface area (Å²) in [6, 6.07) is 6.37. The topological polar surface area (TPSA) is 26.0 Å². The third-order valence-electron chi connectivity index (χ3n) is 4.01. The van der Waals surface area contributed by atoms with E-state index >= 15 is 0 Å². The van der Waals surface area contributed by atoms with E-state index in [2.05, 4.69) is 26.0 Å². The van der Waals surface area contributed by atoms with Crippen molar-refractivity contribution >= 4 is 17.4 Å². The number of nitrogen functional groups attached to an aromatic ring is 1. The number of anilines is 1. The Morgan fingerprint density at radius 1 is 0.857 bits per heavy atom. The van der Waals surface area contributed by atoms with Crippen LogP contribution in [0.4, 0.5) is 5.69 Å². The van der Waals surface area contributed by atoms with Crippen LogP contribution in [0.1, 0.15) is 76.7 Å². The van der Waals surface area contributed by atoms with Gasteiger partial charge in [-0.25, -0.2) is 0 Å². The first-order valence-electron chi connectivity index (χ1n) is 8.73. The molecule has 0 aliphatic rings. The number of rotatable bonds is 12. The molecule has 0 spiro atoms. The first-order chi connectivity index (χ1) is 10.2. The van der Waals surface area contributed by atoms with Gasteiger partial charge in [-0.2, -0.15) is 0 Å². The van der Waals surface area contributed by atoms with Gasteiger partial charge in [-0.05, 0) is 42.9 Å². The molecule has 2 N–H and O–H groups in total. The minimum Gasteiger partial charge on any atom is -0.399 e. The molecule has 0 unspecified atom stereocenters. The molecule has 1 aromatic carbocycles. The molecule has 1 aromatic rings. The van der Waals surface area contributed by atoms with Crippen LogP contribution in [0, 0.1) is 6.92 Å². The van der Waals surface area contributed by atoms with E-state index in [9.17, 15) is 0 Å². The zero-order valence-corrected chi connectivity index (χ0v) is 14.8. The molecule has 0 heterocycles. The van der Waals surface area contributed by atoms with Crippen molar-refractivity contribution in [2.75, 3.05) is 11.5 Å². The number of unbranched alkanes of at least 4 members (excludes halogenated alkanes) is 9. The largest absolute Gasteiger partial charge is 0.399 e. The lowest BCUT2D eigenvalue weighted by molar-refractivity contribution is 0.563. The van der Waals surface area contributed by atoms with E-state index in [4.69, 9.17) is 5.73 Å². The van der Waals surface area contributed by atoms with Crippen LogP contribution in [0.25, 0.3) is 0 Å². The van der Waals surface area contributed by atoms with E-state index in [1.807, 2.05) is 17.8 Å². The Kier molecular flexibility index (Phi) is 10.5. The Balaban J connectivity index is 1.91. The molecule has 2 heteroatoms. The lowest BCUT2D eigenvalue weighted by Gasteiger charge is -2.05. The predicted octanol–water partition coefficient (Wildman–Crippen LogP) is 6.59. The molecule has 0 aliphatic carbocycles. The highest BCUT2D eigenvalue weighted by atomic mass is 32.2. The summed E-state index contributed by atoms with van der Waals surface area (Å²) in [5.74, 6) is 1.24. The third-order valence-corrected chi connectivity index (χ3v) is 5.09. The molecule has 0 bridgehead atoms. The average Bonchev–Trinajstić information content (AvgIpc) is 2.48. The fraction of sp³-hybridized carbons (Fsp3) is 0.684. The molecule has 0 fully saturated rings. The minimum absolute atomic E-state index is 0.901. The molecule has 0 aromatic heterocycles. The second kappa shape index (κ2) is 12.0. The maximum atomic E-state index is 5.84. The van der Waals surface area contributed by atoms with Crippen molar-refractivity contribution in [3.8, 4) is 0 Å². The monoisotopic (exact) mass is 307 g/mol. The number of benzene rings is 1. The van der Waals surface area contributed by atoms with E-state index in [0.29, 0.717) is 0 Å². The molecule has 0 aliphatic heterocycles. The zero-order chi connectivity index (χ0) is 15.3. The van der Waals surface area contributed by atoms with E-state index in [0.717, 1.165) is 5.69 Å². The van der Waals surface area contributed by atoms with Crippen molar-refractivity contribution < 1.29 is 0 Å². The first-order valence-corrected chi connectivity index (χ1v) is 9.71. The zero-order valence-electron chi connectivity index (χ0n) is 14.0. The molecule has 0 atom stereocenters. The molecule has 0 saturated carbocycles. The highest BCUT2D eigenvalue weighted by Crippen LogP contribution is 2.23. The fourth-order valence-electron chi connectivity index (χ4n) is 2.52. The van der Waals surface area contributed by atoms with Gasteiger partial charge in [0.25, 0.3) is 0 Å². The normalized spacial score (nSPS) is 11.0. The lowest BCUT2D eigenvalue weighted by Crippen LogP contribution is -1.89. The van der Waals surface area contributed by atoms with Crippen molar-refractivity contribution in [3.63, 3.8) is 0 Å². The van der Waals surface area contributed by atoms with E-state index in [1.54, 1.807) is 0 Å². The van der Waals surface area contributed by atoms with E-state index < -0.39 is 0 Å². The molecule has 21 heavy (non-hydrogen) atoms. The Labute approximate surface area is 136 Å². The van der Waals surface area contributed by atoms with Crippen molar-refractivity contribution in [1.82, 2.24) is 0 Å². The van der Waals surface area contributed by atoms with Gasteiger partial charge in [-0.1, -0.05) is 64.7 Å². The van der Waals surface area contributed by atoms with Crippen LogP contribution < -0.4 is 5.73 Å². The first kappa shape index (κ1) is 18.4. The molecular formula is C19H33NS. The highest BCUT2D eigenvalue weighted by Gasteiger charge is 1.98. The van der Waals surface area contributed by atoms with Crippen LogP contribution in [-0.2, 0) is 0 Å². The maximum absolute atomic E-state index is 5.84. The highest BCUT2D eigenvalue weighted by molar-refractivity contribution is 7.99.